The molecule has 0 atom stereocenters. The first kappa shape index (κ1) is 17.4. The lowest BCUT2D eigenvalue weighted by atomic mass is 10.2. The molecule has 1 aromatic heterocycles. The number of ether oxygens (including phenoxy) is 1. The molecule has 0 aliphatic rings. The Morgan fingerprint density at radius 3 is 2.60 bits per heavy atom. The van der Waals surface area contributed by atoms with Crippen molar-refractivity contribution in [3.8, 4) is 5.75 Å². The Kier molecular flexibility index (Phi) is 6.03. The van der Waals surface area contributed by atoms with Crippen LogP contribution >= 0.6 is 23.1 Å². The van der Waals surface area contributed by atoms with Gasteiger partial charge >= 0.3 is 0 Å². The minimum Gasteiger partial charge on any atom is -0.497 e. The van der Waals surface area contributed by atoms with Gasteiger partial charge in [0.2, 0.25) is 11.0 Å². The van der Waals surface area contributed by atoms with E-state index in [0.29, 0.717) is 10.9 Å². The Labute approximate surface area is 154 Å². The second-order valence-corrected chi connectivity index (χ2v) is 7.29. The summed E-state index contributed by atoms with van der Waals surface area (Å²) in [6.07, 6.45) is 0.717. The molecule has 25 heavy (non-hydrogen) atoms. The first-order chi connectivity index (χ1) is 12.2. The van der Waals surface area contributed by atoms with Crippen LogP contribution in [-0.2, 0) is 11.2 Å². The van der Waals surface area contributed by atoms with Gasteiger partial charge in [0.1, 0.15) is 10.8 Å². The highest BCUT2D eigenvalue weighted by Gasteiger charge is 2.09. The lowest BCUT2D eigenvalue weighted by Crippen LogP contribution is -2.13. The van der Waals surface area contributed by atoms with E-state index >= 15 is 0 Å². The van der Waals surface area contributed by atoms with Crippen molar-refractivity contribution < 1.29 is 9.53 Å². The van der Waals surface area contributed by atoms with Crippen molar-refractivity contribution in [3.63, 3.8) is 0 Å². The van der Waals surface area contributed by atoms with Crippen LogP contribution in [0.5, 0.6) is 5.75 Å². The Morgan fingerprint density at radius 2 is 1.88 bits per heavy atom. The average Bonchev–Trinajstić information content (AvgIpc) is 3.08. The first-order valence-electron chi connectivity index (χ1n) is 7.66. The quantitative estimate of drug-likeness (QED) is 0.639. The molecule has 1 heterocycles. The number of rotatable bonds is 7. The summed E-state index contributed by atoms with van der Waals surface area (Å²) in [6, 6.07) is 17.7. The number of aromatic nitrogens is 2. The maximum atomic E-state index is 12.1. The number of hydrogen-bond donors (Lipinski definition) is 1. The summed E-state index contributed by atoms with van der Waals surface area (Å²) in [4.78, 5) is 13.1. The summed E-state index contributed by atoms with van der Waals surface area (Å²) < 4.78 is 5.12. The van der Waals surface area contributed by atoms with Gasteiger partial charge in [-0.2, -0.15) is 0 Å². The van der Waals surface area contributed by atoms with Gasteiger partial charge in [-0.3, -0.25) is 10.1 Å². The van der Waals surface area contributed by atoms with Gasteiger partial charge in [0, 0.05) is 11.3 Å². The standard InChI is InChI=1S/C18H17N3O2S2/c1-23-14-7-9-15(10-8-14)24-12-16(22)19-18-21-20-17(25-18)11-13-5-3-2-4-6-13/h2-10H,11-12H2,1H3,(H,19,21,22). The smallest absolute Gasteiger partial charge is 0.236 e. The Morgan fingerprint density at radius 1 is 1.12 bits per heavy atom. The van der Waals surface area contributed by atoms with Crippen molar-refractivity contribution in [1.29, 1.82) is 0 Å². The number of anilines is 1. The summed E-state index contributed by atoms with van der Waals surface area (Å²) >= 11 is 2.87. The Balaban J connectivity index is 1.49. The molecule has 128 valence electrons. The fourth-order valence-corrected chi connectivity index (χ4v) is 3.61. The molecule has 5 nitrogen and oxygen atoms in total. The minimum atomic E-state index is -0.0942. The fourth-order valence-electron chi connectivity index (χ4n) is 2.12. The van der Waals surface area contributed by atoms with Crippen molar-refractivity contribution in [2.45, 2.75) is 11.3 Å². The van der Waals surface area contributed by atoms with Crippen LogP contribution in [0.2, 0.25) is 0 Å². The van der Waals surface area contributed by atoms with Gasteiger partial charge in [0.05, 0.1) is 12.9 Å². The summed E-state index contributed by atoms with van der Waals surface area (Å²) in [5.74, 6) is 1.02. The van der Waals surface area contributed by atoms with Gasteiger partial charge in [-0.1, -0.05) is 41.7 Å². The fraction of sp³-hybridized carbons (Fsp3) is 0.167. The average molecular weight is 371 g/mol. The molecule has 0 spiro atoms. The number of benzene rings is 2. The largest absolute Gasteiger partial charge is 0.497 e. The van der Waals surface area contributed by atoms with Crippen LogP contribution in [0.3, 0.4) is 0 Å². The molecule has 0 bridgehead atoms. The van der Waals surface area contributed by atoms with Gasteiger partial charge in [-0.25, -0.2) is 0 Å². The van der Waals surface area contributed by atoms with E-state index in [1.54, 1.807) is 7.11 Å². The monoisotopic (exact) mass is 371 g/mol. The number of methoxy groups -OCH3 is 1. The number of thioether (sulfide) groups is 1. The van der Waals surface area contributed by atoms with Gasteiger partial charge in [0.25, 0.3) is 0 Å². The molecule has 2 aromatic carbocycles. The zero-order valence-corrected chi connectivity index (χ0v) is 15.3. The molecule has 0 unspecified atom stereocenters. The molecule has 0 saturated carbocycles. The molecule has 0 aliphatic heterocycles. The third-order valence-corrected chi connectivity index (χ3v) is 5.19. The summed E-state index contributed by atoms with van der Waals surface area (Å²) in [6.45, 7) is 0. The zero-order valence-electron chi connectivity index (χ0n) is 13.6. The van der Waals surface area contributed by atoms with Crippen molar-refractivity contribution >= 4 is 34.1 Å². The van der Waals surface area contributed by atoms with E-state index < -0.39 is 0 Å². The summed E-state index contributed by atoms with van der Waals surface area (Å²) in [5, 5.41) is 12.4. The van der Waals surface area contributed by atoms with Gasteiger partial charge in [-0.05, 0) is 29.8 Å². The first-order valence-corrected chi connectivity index (χ1v) is 9.46. The third kappa shape index (κ3) is 5.30. The maximum absolute atomic E-state index is 12.1. The van der Waals surface area contributed by atoms with E-state index in [2.05, 4.69) is 15.5 Å². The summed E-state index contributed by atoms with van der Waals surface area (Å²) in [5.41, 5.74) is 1.17. The third-order valence-electron chi connectivity index (χ3n) is 3.34. The molecule has 1 amide bonds. The number of nitrogens with one attached hydrogen (secondary N) is 1. The highest BCUT2D eigenvalue weighted by molar-refractivity contribution is 8.00. The van der Waals surface area contributed by atoms with E-state index in [1.165, 1.54) is 28.7 Å². The number of hydrogen-bond acceptors (Lipinski definition) is 6. The van der Waals surface area contributed by atoms with E-state index in [1.807, 2.05) is 54.6 Å². The van der Waals surface area contributed by atoms with Crippen molar-refractivity contribution in [3.05, 3.63) is 65.2 Å². The van der Waals surface area contributed by atoms with Crippen LogP contribution in [0.4, 0.5) is 5.13 Å². The molecule has 0 radical (unpaired) electrons. The summed E-state index contributed by atoms with van der Waals surface area (Å²) in [7, 11) is 1.63. The van der Waals surface area contributed by atoms with Gasteiger partial charge in [0.15, 0.2) is 0 Å². The molecule has 3 rings (SSSR count). The Hall–Kier alpha value is -2.38. The van der Waals surface area contributed by atoms with Crippen molar-refractivity contribution in [2.75, 3.05) is 18.2 Å². The van der Waals surface area contributed by atoms with Crippen LogP contribution in [0.1, 0.15) is 10.6 Å². The van der Waals surface area contributed by atoms with E-state index in [4.69, 9.17) is 4.74 Å². The molecular weight excluding hydrogens is 354 g/mol. The second-order valence-electron chi connectivity index (χ2n) is 5.18. The van der Waals surface area contributed by atoms with Crippen molar-refractivity contribution in [1.82, 2.24) is 10.2 Å². The number of amides is 1. The highest BCUT2D eigenvalue weighted by atomic mass is 32.2. The van der Waals surface area contributed by atoms with Gasteiger partial charge in [-0.15, -0.1) is 22.0 Å². The number of nitrogens with zero attached hydrogens (tertiary/aromatic N) is 2. The predicted octanol–water partition coefficient (Wildman–Crippen LogP) is 3.87. The van der Waals surface area contributed by atoms with Crippen LogP contribution < -0.4 is 10.1 Å². The molecule has 0 fully saturated rings. The molecule has 0 saturated heterocycles. The maximum Gasteiger partial charge on any atom is 0.236 e. The van der Waals surface area contributed by atoms with Crippen LogP contribution in [0.25, 0.3) is 0 Å². The topological polar surface area (TPSA) is 64.1 Å². The van der Waals surface area contributed by atoms with Crippen LogP contribution in [0.15, 0.2) is 59.5 Å². The molecule has 1 N–H and O–H groups in total. The molecular formula is C18H17N3O2S2. The molecule has 7 heteroatoms. The second kappa shape index (κ2) is 8.64. The van der Waals surface area contributed by atoms with E-state index in [0.717, 1.165) is 22.1 Å². The van der Waals surface area contributed by atoms with E-state index in [-0.39, 0.29) is 5.91 Å². The van der Waals surface area contributed by atoms with E-state index in [9.17, 15) is 4.79 Å². The zero-order chi connectivity index (χ0) is 17.5. The Bertz CT molecular complexity index is 820. The predicted molar refractivity (Wildman–Crippen MR) is 102 cm³/mol. The lowest BCUT2D eigenvalue weighted by Gasteiger charge is -2.03. The lowest BCUT2D eigenvalue weighted by molar-refractivity contribution is -0.113. The van der Waals surface area contributed by atoms with Crippen LogP contribution in [0, 0.1) is 0 Å². The molecule has 0 aliphatic carbocycles. The van der Waals surface area contributed by atoms with Crippen LogP contribution in [-0.4, -0.2) is 29.0 Å². The normalized spacial score (nSPS) is 10.4. The van der Waals surface area contributed by atoms with Gasteiger partial charge < -0.3 is 4.74 Å². The highest BCUT2D eigenvalue weighted by Crippen LogP contribution is 2.22. The minimum absolute atomic E-state index is 0.0942. The SMILES string of the molecule is COc1ccc(SCC(=O)Nc2nnc(Cc3ccccc3)s2)cc1. The molecule has 3 aromatic rings. The number of carbonyl (C=O) groups excluding carboxylic acids is 1. The van der Waals surface area contributed by atoms with Crippen molar-refractivity contribution in [2.24, 2.45) is 0 Å². The number of carbonyl (C=O) groups is 1.